The molecule has 23 heavy (non-hydrogen) atoms. The van der Waals surface area contributed by atoms with E-state index < -0.39 is 0 Å². The van der Waals surface area contributed by atoms with Gasteiger partial charge in [-0.2, -0.15) is 0 Å². The lowest BCUT2D eigenvalue weighted by molar-refractivity contribution is -0.0124. The topological polar surface area (TPSA) is 47.4 Å². The minimum Gasteiger partial charge on any atom is -0.375 e. The molecule has 0 unspecified atom stereocenters. The first kappa shape index (κ1) is 15.7. The summed E-state index contributed by atoms with van der Waals surface area (Å²) >= 11 is 0. The minimum absolute atomic E-state index is 0.0977. The molecule has 0 aromatic carbocycles. The normalized spacial score (nSPS) is 18.2. The highest BCUT2D eigenvalue weighted by Gasteiger charge is 2.25. The van der Waals surface area contributed by atoms with Gasteiger partial charge in [-0.15, -0.1) is 0 Å². The Balaban J connectivity index is 1.84. The lowest BCUT2D eigenvalue weighted by atomic mass is 10.2. The van der Waals surface area contributed by atoms with Crippen molar-refractivity contribution in [3.63, 3.8) is 0 Å². The molecule has 1 aliphatic heterocycles. The third-order valence-electron chi connectivity index (χ3n) is 4.38. The van der Waals surface area contributed by atoms with Gasteiger partial charge in [-0.25, -0.2) is 0 Å². The van der Waals surface area contributed by atoms with Gasteiger partial charge in [-0.05, 0) is 39.0 Å². The van der Waals surface area contributed by atoms with Crippen molar-refractivity contribution >= 4 is 5.91 Å². The van der Waals surface area contributed by atoms with Gasteiger partial charge in [0.2, 0.25) is 0 Å². The molecule has 1 amide bonds. The zero-order valence-corrected chi connectivity index (χ0v) is 14.0. The summed E-state index contributed by atoms with van der Waals surface area (Å²) in [4.78, 5) is 19.1. The first-order valence-corrected chi connectivity index (χ1v) is 8.03. The summed E-state index contributed by atoms with van der Waals surface area (Å²) in [5, 5.41) is 0. The standard InChI is InChI=1S/C18H23N3O2/c1-13-10-17(18(22)20-8-9-23-14(2)11-20)15(3)21(13)12-16-6-4-5-7-19-16/h4-7,10,14H,8-9,11-12H2,1-3H3/t14-/m0/s1. The maximum absolute atomic E-state index is 12.8. The van der Waals surface area contributed by atoms with Gasteiger partial charge in [-0.1, -0.05) is 6.07 Å². The number of amides is 1. The largest absolute Gasteiger partial charge is 0.375 e. The van der Waals surface area contributed by atoms with E-state index in [1.165, 1.54) is 0 Å². The van der Waals surface area contributed by atoms with Gasteiger partial charge in [0.25, 0.3) is 5.91 Å². The molecule has 0 radical (unpaired) electrons. The van der Waals surface area contributed by atoms with Gasteiger partial charge in [0.1, 0.15) is 0 Å². The van der Waals surface area contributed by atoms with E-state index in [0.717, 1.165) is 22.6 Å². The van der Waals surface area contributed by atoms with E-state index >= 15 is 0 Å². The molecule has 2 aromatic heterocycles. The van der Waals surface area contributed by atoms with Crippen molar-refractivity contribution in [2.24, 2.45) is 0 Å². The highest BCUT2D eigenvalue weighted by molar-refractivity contribution is 5.95. The van der Waals surface area contributed by atoms with Gasteiger partial charge >= 0.3 is 0 Å². The van der Waals surface area contributed by atoms with Crippen LogP contribution in [0.3, 0.4) is 0 Å². The van der Waals surface area contributed by atoms with Crippen LogP contribution in [0.1, 0.15) is 34.4 Å². The third-order valence-corrected chi connectivity index (χ3v) is 4.38. The molecule has 5 heteroatoms. The number of carbonyl (C=O) groups excluding carboxylic acids is 1. The fourth-order valence-electron chi connectivity index (χ4n) is 3.09. The molecule has 0 bridgehead atoms. The predicted octanol–water partition coefficient (Wildman–Crippen LogP) is 2.41. The number of rotatable bonds is 3. The summed E-state index contributed by atoms with van der Waals surface area (Å²) in [6, 6.07) is 7.88. The second kappa shape index (κ2) is 6.54. The highest BCUT2D eigenvalue weighted by atomic mass is 16.5. The molecule has 3 rings (SSSR count). The van der Waals surface area contributed by atoms with Crippen LogP contribution in [0.15, 0.2) is 30.5 Å². The van der Waals surface area contributed by atoms with Gasteiger partial charge < -0.3 is 14.2 Å². The van der Waals surface area contributed by atoms with Crippen molar-refractivity contribution < 1.29 is 9.53 Å². The lowest BCUT2D eigenvalue weighted by Crippen LogP contribution is -2.44. The number of morpholine rings is 1. The SMILES string of the molecule is Cc1cc(C(=O)N2CCO[C@@H](C)C2)c(C)n1Cc1ccccn1. The Morgan fingerprint density at radius 3 is 2.91 bits per heavy atom. The van der Waals surface area contributed by atoms with E-state index in [0.29, 0.717) is 26.2 Å². The minimum atomic E-state index is 0.0977. The maximum atomic E-state index is 12.8. The molecule has 1 saturated heterocycles. The van der Waals surface area contributed by atoms with Crippen LogP contribution in [0.4, 0.5) is 0 Å². The molecule has 1 aliphatic rings. The molecule has 0 N–H and O–H groups in total. The van der Waals surface area contributed by atoms with Crippen LogP contribution >= 0.6 is 0 Å². The lowest BCUT2D eigenvalue weighted by Gasteiger charge is -2.31. The van der Waals surface area contributed by atoms with Crippen molar-refractivity contribution in [3.8, 4) is 0 Å². The number of hydrogen-bond acceptors (Lipinski definition) is 3. The quantitative estimate of drug-likeness (QED) is 0.874. The monoisotopic (exact) mass is 313 g/mol. The molecule has 1 atom stereocenters. The number of nitrogens with zero attached hydrogens (tertiary/aromatic N) is 3. The summed E-state index contributed by atoms with van der Waals surface area (Å²) in [7, 11) is 0. The number of aromatic nitrogens is 2. The molecule has 5 nitrogen and oxygen atoms in total. The number of ether oxygens (including phenoxy) is 1. The van der Waals surface area contributed by atoms with Crippen LogP contribution in [-0.2, 0) is 11.3 Å². The van der Waals surface area contributed by atoms with Crippen LogP contribution in [0, 0.1) is 13.8 Å². The number of carbonyl (C=O) groups is 1. The number of aryl methyl sites for hydroxylation is 1. The van der Waals surface area contributed by atoms with Gasteiger partial charge in [0.05, 0.1) is 30.5 Å². The second-order valence-electron chi connectivity index (χ2n) is 6.12. The van der Waals surface area contributed by atoms with Crippen LogP contribution in [0.5, 0.6) is 0 Å². The van der Waals surface area contributed by atoms with Gasteiger partial charge in [0.15, 0.2) is 0 Å². The molecule has 0 aliphatic carbocycles. The van der Waals surface area contributed by atoms with E-state index in [4.69, 9.17) is 4.74 Å². The summed E-state index contributed by atoms with van der Waals surface area (Å²) in [6.45, 7) is 8.66. The molecule has 0 spiro atoms. The maximum Gasteiger partial charge on any atom is 0.255 e. The van der Waals surface area contributed by atoms with E-state index in [2.05, 4.69) is 9.55 Å². The fourth-order valence-corrected chi connectivity index (χ4v) is 3.09. The molecule has 3 heterocycles. The van der Waals surface area contributed by atoms with Gasteiger partial charge in [0, 0.05) is 30.7 Å². The van der Waals surface area contributed by atoms with Crippen LogP contribution < -0.4 is 0 Å². The summed E-state index contributed by atoms with van der Waals surface area (Å²) in [5.41, 5.74) is 3.86. The number of pyridine rings is 1. The summed E-state index contributed by atoms with van der Waals surface area (Å²) in [6.07, 6.45) is 1.90. The van der Waals surface area contributed by atoms with Crippen LogP contribution in [0.25, 0.3) is 0 Å². The van der Waals surface area contributed by atoms with Crippen molar-refractivity contribution in [2.75, 3.05) is 19.7 Å². The Morgan fingerprint density at radius 1 is 1.39 bits per heavy atom. The van der Waals surface area contributed by atoms with E-state index in [1.807, 2.05) is 49.9 Å². The Bertz CT molecular complexity index is 694. The Hall–Kier alpha value is -2.14. The predicted molar refractivity (Wildman–Crippen MR) is 88.6 cm³/mol. The average molecular weight is 313 g/mol. The van der Waals surface area contributed by atoms with Gasteiger partial charge in [-0.3, -0.25) is 9.78 Å². The summed E-state index contributed by atoms with van der Waals surface area (Å²) < 4.78 is 7.68. The third kappa shape index (κ3) is 3.29. The Kier molecular flexibility index (Phi) is 4.48. The second-order valence-corrected chi connectivity index (χ2v) is 6.12. The zero-order valence-electron chi connectivity index (χ0n) is 14.0. The van der Waals surface area contributed by atoms with Crippen molar-refractivity contribution in [1.82, 2.24) is 14.5 Å². The molecule has 1 fully saturated rings. The molecular formula is C18H23N3O2. The van der Waals surface area contributed by atoms with Crippen molar-refractivity contribution in [2.45, 2.75) is 33.4 Å². The molecule has 2 aromatic rings. The molecular weight excluding hydrogens is 290 g/mol. The zero-order chi connectivity index (χ0) is 16.4. The fraction of sp³-hybridized carbons (Fsp3) is 0.444. The Labute approximate surface area is 136 Å². The first-order chi connectivity index (χ1) is 11.1. The van der Waals surface area contributed by atoms with E-state index in [1.54, 1.807) is 6.20 Å². The summed E-state index contributed by atoms with van der Waals surface area (Å²) in [5.74, 6) is 0.0977. The molecule has 122 valence electrons. The van der Waals surface area contributed by atoms with E-state index in [9.17, 15) is 4.79 Å². The highest BCUT2D eigenvalue weighted by Crippen LogP contribution is 2.19. The van der Waals surface area contributed by atoms with Crippen LogP contribution in [0.2, 0.25) is 0 Å². The smallest absolute Gasteiger partial charge is 0.255 e. The van der Waals surface area contributed by atoms with E-state index in [-0.39, 0.29) is 12.0 Å². The number of hydrogen-bond donors (Lipinski definition) is 0. The Morgan fingerprint density at radius 2 is 2.22 bits per heavy atom. The van der Waals surface area contributed by atoms with Crippen molar-refractivity contribution in [3.05, 3.63) is 53.1 Å². The first-order valence-electron chi connectivity index (χ1n) is 8.03. The van der Waals surface area contributed by atoms with Crippen LogP contribution in [-0.4, -0.2) is 46.2 Å². The average Bonchev–Trinajstić information content (AvgIpc) is 2.83. The van der Waals surface area contributed by atoms with Crippen molar-refractivity contribution in [1.29, 1.82) is 0 Å². The molecule has 0 saturated carbocycles.